The Morgan fingerprint density at radius 3 is 3.15 bits per heavy atom. The van der Waals surface area contributed by atoms with E-state index < -0.39 is 0 Å². The lowest BCUT2D eigenvalue weighted by molar-refractivity contribution is -0.0858. The van der Waals surface area contributed by atoms with Gasteiger partial charge in [0.05, 0.1) is 36.1 Å². The van der Waals surface area contributed by atoms with Crippen molar-refractivity contribution in [2.75, 3.05) is 19.7 Å². The van der Waals surface area contributed by atoms with Crippen molar-refractivity contribution >= 4 is 11.4 Å². The van der Waals surface area contributed by atoms with Crippen LogP contribution in [0.5, 0.6) is 0 Å². The molecule has 2 aromatic rings. The maximum atomic E-state index is 12.6. The smallest absolute Gasteiger partial charge is 0.257 e. The number of aliphatic hydroxyl groups is 1. The van der Waals surface area contributed by atoms with Gasteiger partial charge in [0.2, 0.25) is 0 Å². The molecule has 106 valence electrons. The second kappa shape index (κ2) is 5.22. The van der Waals surface area contributed by atoms with Crippen LogP contribution in [-0.4, -0.2) is 57.4 Å². The standard InChI is InChI=1S/C14H17N3O3/c1-10-7-16(8-11(9-18)20-10)14(19)12-6-15-17-5-3-2-4-13(12)17/h2-6,10-11,18H,7-9H2,1H3. The molecule has 1 amide bonds. The number of hydrogen-bond donors (Lipinski definition) is 1. The van der Waals surface area contributed by atoms with Crippen LogP contribution in [-0.2, 0) is 4.74 Å². The van der Waals surface area contributed by atoms with Crippen LogP contribution in [0.4, 0.5) is 0 Å². The van der Waals surface area contributed by atoms with E-state index in [1.165, 1.54) is 0 Å². The molecule has 0 radical (unpaired) electrons. The Balaban J connectivity index is 1.88. The third-order valence-electron chi connectivity index (χ3n) is 3.47. The number of aliphatic hydroxyl groups excluding tert-OH is 1. The Labute approximate surface area is 116 Å². The van der Waals surface area contributed by atoms with Gasteiger partial charge < -0.3 is 14.7 Å². The molecule has 1 saturated heterocycles. The van der Waals surface area contributed by atoms with E-state index in [1.807, 2.05) is 31.3 Å². The summed E-state index contributed by atoms with van der Waals surface area (Å²) in [6.07, 6.45) is 3.01. The molecule has 2 atom stereocenters. The molecule has 2 aromatic heterocycles. The molecule has 6 nitrogen and oxygen atoms in total. The fourth-order valence-corrected chi connectivity index (χ4v) is 2.58. The Kier molecular flexibility index (Phi) is 3.42. The van der Waals surface area contributed by atoms with Crippen molar-refractivity contribution in [2.45, 2.75) is 19.1 Å². The van der Waals surface area contributed by atoms with Gasteiger partial charge in [0.15, 0.2) is 0 Å². The molecule has 6 heteroatoms. The molecular formula is C14H17N3O3. The van der Waals surface area contributed by atoms with E-state index in [1.54, 1.807) is 15.6 Å². The number of rotatable bonds is 2. The van der Waals surface area contributed by atoms with Gasteiger partial charge in [0.25, 0.3) is 5.91 Å². The number of nitrogens with zero attached hydrogens (tertiary/aromatic N) is 3. The molecule has 1 aliphatic heterocycles. The highest BCUT2D eigenvalue weighted by molar-refractivity contribution is 6.00. The predicted octanol–water partition coefficient (Wildman–Crippen LogP) is 0.556. The summed E-state index contributed by atoms with van der Waals surface area (Å²) < 4.78 is 7.24. The van der Waals surface area contributed by atoms with Crippen molar-refractivity contribution < 1.29 is 14.6 Å². The minimum Gasteiger partial charge on any atom is -0.394 e. The molecule has 1 fully saturated rings. The number of fused-ring (bicyclic) bond motifs is 1. The predicted molar refractivity (Wildman–Crippen MR) is 72.5 cm³/mol. The van der Waals surface area contributed by atoms with Gasteiger partial charge in [-0.15, -0.1) is 0 Å². The second-order valence-electron chi connectivity index (χ2n) is 5.05. The van der Waals surface area contributed by atoms with Crippen molar-refractivity contribution in [2.24, 2.45) is 0 Å². The summed E-state index contributed by atoms with van der Waals surface area (Å²) in [4.78, 5) is 14.3. The molecule has 0 bridgehead atoms. The van der Waals surface area contributed by atoms with Gasteiger partial charge in [0, 0.05) is 19.3 Å². The summed E-state index contributed by atoms with van der Waals surface area (Å²) >= 11 is 0. The number of carbonyl (C=O) groups is 1. The van der Waals surface area contributed by atoms with Crippen molar-refractivity contribution in [3.8, 4) is 0 Å². The molecule has 3 heterocycles. The van der Waals surface area contributed by atoms with E-state index in [2.05, 4.69) is 5.10 Å². The van der Waals surface area contributed by atoms with Crippen LogP contribution < -0.4 is 0 Å². The number of aromatic nitrogens is 2. The maximum absolute atomic E-state index is 12.6. The minimum atomic E-state index is -0.315. The van der Waals surface area contributed by atoms with Crippen LogP contribution >= 0.6 is 0 Å². The van der Waals surface area contributed by atoms with Crippen molar-refractivity contribution in [3.05, 3.63) is 36.2 Å². The topological polar surface area (TPSA) is 67.1 Å². The average Bonchev–Trinajstić information content (AvgIpc) is 2.89. The number of hydrogen-bond acceptors (Lipinski definition) is 4. The van der Waals surface area contributed by atoms with Crippen LogP contribution in [0, 0.1) is 0 Å². The Morgan fingerprint density at radius 2 is 2.35 bits per heavy atom. The molecule has 0 aliphatic carbocycles. The maximum Gasteiger partial charge on any atom is 0.257 e. The van der Waals surface area contributed by atoms with Gasteiger partial charge in [-0.3, -0.25) is 4.79 Å². The fraction of sp³-hybridized carbons (Fsp3) is 0.429. The minimum absolute atomic E-state index is 0.0696. The lowest BCUT2D eigenvalue weighted by Crippen LogP contribution is -2.50. The van der Waals surface area contributed by atoms with Crippen LogP contribution in [0.25, 0.3) is 5.52 Å². The van der Waals surface area contributed by atoms with Crippen LogP contribution in [0.15, 0.2) is 30.6 Å². The molecule has 3 rings (SSSR count). The summed E-state index contributed by atoms with van der Waals surface area (Å²) in [5.74, 6) is -0.0696. The molecule has 0 spiro atoms. The van der Waals surface area contributed by atoms with Gasteiger partial charge in [0.1, 0.15) is 0 Å². The Bertz CT molecular complexity index is 625. The van der Waals surface area contributed by atoms with Gasteiger partial charge in [-0.25, -0.2) is 4.52 Å². The number of morpholine rings is 1. The Morgan fingerprint density at radius 1 is 1.50 bits per heavy atom. The highest BCUT2D eigenvalue weighted by Gasteiger charge is 2.29. The average molecular weight is 275 g/mol. The lowest BCUT2D eigenvalue weighted by atomic mass is 10.1. The monoisotopic (exact) mass is 275 g/mol. The zero-order valence-electron chi connectivity index (χ0n) is 11.3. The first kappa shape index (κ1) is 13.1. The van der Waals surface area contributed by atoms with E-state index in [0.29, 0.717) is 18.7 Å². The zero-order valence-corrected chi connectivity index (χ0v) is 11.3. The largest absolute Gasteiger partial charge is 0.394 e. The number of amides is 1. The van der Waals surface area contributed by atoms with Gasteiger partial charge in [-0.1, -0.05) is 6.07 Å². The van der Waals surface area contributed by atoms with E-state index in [-0.39, 0.29) is 24.7 Å². The first-order valence-electron chi connectivity index (χ1n) is 6.67. The van der Waals surface area contributed by atoms with Gasteiger partial charge >= 0.3 is 0 Å². The summed E-state index contributed by atoms with van der Waals surface area (Å²) in [6.45, 7) is 2.75. The molecule has 1 N–H and O–H groups in total. The van der Waals surface area contributed by atoms with Gasteiger partial charge in [-0.05, 0) is 19.1 Å². The number of pyridine rings is 1. The van der Waals surface area contributed by atoms with E-state index in [4.69, 9.17) is 4.74 Å². The molecular weight excluding hydrogens is 258 g/mol. The molecule has 0 saturated carbocycles. The van der Waals surface area contributed by atoms with Crippen molar-refractivity contribution in [3.63, 3.8) is 0 Å². The zero-order chi connectivity index (χ0) is 14.1. The number of ether oxygens (including phenoxy) is 1. The van der Waals surface area contributed by atoms with E-state index >= 15 is 0 Å². The second-order valence-corrected chi connectivity index (χ2v) is 5.05. The molecule has 0 aromatic carbocycles. The molecule has 2 unspecified atom stereocenters. The molecule has 1 aliphatic rings. The van der Waals surface area contributed by atoms with E-state index in [0.717, 1.165) is 5.52 Å². The number of carbonyl (C=O) groups excluding carboxylic acids is 1. The summed E-state index contributed by atoms with van der Waals surface area (Å²) in [7, 11) is 0. The van der Waals surface area contributed by atoms with Gasteiger partial charge in [-0.2, -0.15) is 5.10 Å². The van der Waals surface area contributed by atoms with Crippen LogP contribution in [0.1, 0.15) is 17.3 Å². The summed E-state index contributed by atoms with van der Waals surface area (Å²) in [6, 6.07) is 5.62. The lowest BCUT2D eigenvalue weighted by Gasteiger charge is -2.35. The van der Waals surface area contributed by atoms with E-state index in [9.17, 15) is 9.90 Å². The molecule has 20 heavy (non-hydrogen) atoms. The summed E-state index contributed by atoms with van der Waals surface area (Å²) in [5.41, 5.74) is 1.37. The van der Waals surface area contributed by atoms with Crippen molar-refractivity contribution in [1.82, 2.24) is 14.5 Å². The SMILES string of the molecule is CC1CN(C(=O)c2cnn3ccccc23)CC(CO)O1. The Hall–Kier alpha value is -1.92. The highest BCUT2D eigenvalue weighted by Crippen LogP contribution is 2.17. The van der Waals surface area contributed by atoms with Crippen molar-refractivity contribution in [1.29, 1.82) is 0 Å². The fourth-order valence-electron chi connectivity index (χ4n) is 2.58. The van der Waals surface area contributed by atoms with Crippen LogP contribution in [0.2, 0.25) is 0 Å². The van der Waals surface area contributed by atoms with Crippen LogP contribution in [0.3, 0.4) is 0 Å². The summed E-state index contributed by atoms with van der Waals surface area (Å²) in [5, 5.41) is 13.4. The first-order valence-corrected chi connectivity index (χ1v) is 6.67. The third-order valence-corrected chi connectivity index (χ3v) is 3.47. The highest BCUT2D eigenvalue weighted by atomic mass is 16.5. The normalized spacial score (nSPS) is 23.2. The first-order chi connectivity index (χ1) is 9.69. The third kappa shape index (κ3) is 2.28. The quantitative estimate of drug-likeness (QED) is 0.869.